The number of benzene rings is 2. The van der Waals surface area contributed by atoms with Gasteiger partial charge in [0.1, 0.15) is 30.4 Å². The molecule has 0 bridgehead atoms. The lowest BCUT2D eigenvalue weighted by atomic mass is 9.85. The summed E-state index contributed by atoms with van der Waals surface area (Å²) in [5.74, 6) is -3.07. The molecule has 55 heavy (non-hydrogen) atoms. The highest BCUT2D eigenvalue weighted by Gasteiger charge is 2.45. The molecule has 2 aliphatic rings. The Bertz CT molecular complexity index is 1590. The number of hydrogen-bond acceptors (Lipinski definition) is 11. The molecule has 11 N–H and O–H groups in total. The number of carbonyl (C=O) groups is 5. The van der Waals surface area contributed by atoms with E-state index < -0.39 is 77.5 Å². The molecule has 16 heteroatoms. The van der Waals surface area contributed by atoms with Gasteiger partial charge >= 0.3 is 0 Å². The lowest BCUT2D eigenvalue weighted by molar-refractivity contribution is -0.144. The maximum Gasteiger partial charge on any atom is 0.243 e. The standard InChI is InChI=1S/C39H58N8O8/c1-39(2,3)33-38(54)47-22-27(48)20-31(47)37(53)44-29(19-24-12-14-26(15-13-24)25-9-5-4-6-10-25)36(52)43-28(11-7-8-16-40)35(51)45-30(21-41)34(50)42-17-18-55-23-32(49)46-33/h4-6,9-10,12-15,27-33,46,48-49H,7-8,11,16-23,40-41H2,1-3H3,(H,42,50)(H,43,52)(H,44,53)(H,45,51)/t27-,28-,29-,30-,31+,32?,33-/m1/s1. The number of aliphatic hydroxyl groups is 2. The summed E-state index contributed by atoms with van der Waals surface area (Å²) in [5, 5.41) is 35.3. The fourth-order valence-corrected chi connectivity index (χ4v) is 6.68. The Hall–Kier alpha value is -4.45. The Kier molecular flexibility index (Phi) is 16.1. The van der Waals surface area contributed by atoms with Gasteiger partial charge in [-0.1, -0.05) is 75.4 Å². The van der Waals surface area contributed by atoms with Crippen molar-refractivity contribution in [1.29, 1.82) is 0 Å². The van der Waals surface area contributed by atoms with Crippen LogP contribution in [0.3, 0.4) is 0 Å². The van der Waals surface area contributed by atoms with Gasteiger partial charge in [-0.15, -0.1) is 0 Å². The van der Waals surface area contributed by atoms with E-state index in [2.05, 4.69) is 26.6 Å². The number of fused-ring (bicyclic) bond motifs is 1. The molecule has 7 atom stereocenters. The molecule has 4 rings (SSSR count). The van der Waals surface area contributed by atoms with Gasteiger partial charge in [-0.05, 0) is 47.9 Å². The molecule has 0 radical (unpaired) electrons. The number of nitrogens with zero attached hydrogens (tertiary/aromatic N) is 1. The number of nitrogens with two attached hydrogens (primary N) is 2. The lowest BCUT2D eigenvalue weighted by Gasteiger charge is -2.37. The van der Waals surface area contributed by atoms with E-state index in [1.807, 2.05) is 54.6 Å². The molecule has 2 aromatic carbocycles. The summed E-state index contributed by atoms with van der Waals surface area (Å²) >= 11 is 0. The van der Waals surface area contributed by atoms with E-state index in [1.165, 1.54) is 4.90 Å². The zero-order valence-electron chi connectivity index (χ0n) is 32.0. The summed E-state index contributed by atoms with van der Waals surface area (Å²) in [4.78, 5) is 70.4. The first-order valence-electron chi connectivity index (χ1n) is 19.0. The molecular formula is C39H58N8O8. The third-order valence-electron chi connectivity index (χ3n) is 9.74. The van der Waals surface area contributed by atoms with E-state index in [0.29, 0.717) is 24.9 Å². The molecule has 2 fully saturated rings. The van der Waals surface area contributed by atoms with Crippen molar-refractivity contribution in [2.24, 2.45) is 16.9 Å². The predicted molar refractivity (Wildman–Crippen MR) is 206 cm³/mol. The van der Waals surface area contributed by atoms with Crippen LogP contribution in [0.4, 0.5) is 0 Å². The van der Waals surface area contributed by atoms with Gasteiger partial charge in [0.25, 0.3) is 0 Å². The van der Waals surface area contributed by atoms with Crippen LogP contribution in [0.15, 0.2) is 54.6 Å². The fourth-order valence-electron chi connectivity index (χ4n) is 6.68. The maximum atomic E-state index is 14.2. The number of nitrogens with one attached hydrogen (secondary N) is 5. The van der Waals surface area contributed by atoms with Crippen molar-refractivity contribution in [2.45, 2.75) is 95.4 Å². The lowest BCUT2D eigenvalue weighted by Crippen LogP contribution is -2.61. The van der Waals surface area contributed by atoms with E-state index >= 15 is 0 Å². The molecule has 2 heterocycles. The van der Waals surface area contributed by atoms with Crippen molar-refractivity contribution in [3.05, 3.63) is 60.2 Å². The Morgan fingerprint density at radius 2 is 1.44 bits per heavy atom. The Morgan fingerprint density at radius 1 is 0.800 bits per heavy atom. The number of unbranched alkanes of at least 4 members (excludes halogenated alkanes) is 1. The molecule has 0 spiro atoms. The second-order valence-corrected chi connectivity index (χ2v) is 15.2. The van der Waals surface area contributed by atoms with Crippen LogP contribution in [0.1, 0.15) is 52.0 Å². The molecule has 0 aromatic heterocycles. The van der Waals surface area contributed by atoms with Crippen LogP contribution >= 0.6 is 0 Å². The Balaban J connectivity index is 1.69. The van der Waals surface area contributed by atoms with Gasteiger partial charge in [0.2, 0.25) is 29.5 Å². The second-order valence-electron chi connectivity index (χ2n) is 15.2. The molecule has 2 aliphatic heterocycles. The molecule has 0 aliphatic carbocycles. The van der Waals surface area contributed by atoms with Crippen molar-refractivity contribution in [1.82, 2.24) is 31.5 Å². The van der Waals surface area contributed by atoms with Crippen LogP contribution in [-0.2, 0) is 35.1 Å². The van der Waals surface area contributed by atoms with Crippen molar-refractivity contribution >= 4 is 29.5 Å². The van der Waals surface area contributed by atoms with Crippen LogP contribution in [0.2, 0.25) is 0 Å². The highest BCUT2D eigenvalue weighted by atomic mass is 16.5. The first kappa shape index (κ1) is 43.3. The van der Waals surface area contributed by atoms with Gasteiger partial charge in [-0.25, -0.2) is 0 Å². The zero-order chi connectivity index (χ0) is 40.1. The Labute approximate surface area is 322 Å². The molecule has 5 amide bonds. The minimum Gasteiger partial charge on any atom is -0.391 e. The summed E-state index contributed by atoms with van der Waals surface area (Å²) in [6.45, 7) is 5.19. The van der Waals surface area contributed by atoms with Crippen LogP contribution in [0.5, 0.6) is 0 Å². The molecule has 2 aromatic rings. The number of aliphatic hydroxyl groups excluding tert-OH is 2. The summed E-state index contributed by atoms with van der Waals surface area (Å²) in [6, 6.07) is 11.7. The number of rotatable bonds is 8. The SMILES string of the molecule is CC(C)(C)[C@@H]1NC(O)COCCNC(=O)[C@@H](CN)NC(=O)[C@@H](CCCCN)NC(=O)[C@@H](Cc2ccc(-c3ccccc3)cc2)NC(=O)[C@@H]2C[C@@H](O)CN2C1=O. The van der Waals surface area contributed by atoms with E-state index in [0.717, 1.165) is 11.1 Å². The highest BCUT2D eigenvalue weighted by Crippen LogP contribution is 2.27. The van der Waals surface area contributed by atoms with Gasteiger partial charge in [-0.2, -0.15) is 0 Å². The quantitative estimate of drug-likeness (QED) is 0.146. The van der Waals surface area contributed by atoms with E-state index in [9.17, 15) is 34.2 Å². The number of carbonyl (C=O) groups excluding carboxylic acids is 5. The summed E-state index contributed by atoms with van der Waals surface area (Å²) in [6.07, 6.45) is -1.12. The highest BCUT2D eigenvalue weighted by molar-refractivity contribution is 5.96. The summed E-state index contributed by atoms with van der Waals surface area (Å²) < 4.78 is 5.54. The number of amides is 5. The maximum absolute atomic E-state index is 14.2. The van der Waals surface area contributed by atoms with Gasteiger partial charge < -0.3 is 52.6 Å². The largest absolute Gasteiger partial charge is 0.391 e. The van der Waals surface area contributed by atoms with Crippen molar-refractivity contribution in [3.8, 4) is 11.1 Å². The normalized spacial score (nSPS) is 26.9. The number of ether oxygens (including phenoxy) is 1. The van der Waals surface area contributed by atoms with Crippen LogP contribution in [0, 0.1) is 5.41 Å². The summed E-state index contributed by atoms with van der Waals surface area (Å²) in [5.41, 5.74) is 13.5. The minimum atomic E-state index is -1.30. The first-order valence-corrected chi connectivity index (χ1v) is 19.0. The van der Waals surface area contributed by atoms with Gasteiger partial charge in [0.15, 0.2) is 0 Å². The van der Waals surface area contributed by atoms with Crippen LogP contribution in [0.25, 0.3) is 11.1 Å². The molecule has 1 unspecified atom stereocenters. The molecule has 302 valence electrons. The average Bonchev–Trinajstić information content (AvgIpc) is 3.56. The van der Waals surface area contributed by atoms with Crippen LogP contribution < -0.4 is 38.1 Å². The van der Waals surface area contributed by atoms with Gasteiger partial charge in [0.05, 0.1) is 25.4 Å². The van der Waals surface area contributed by atoms with E-state index in [-0.39, 0.29) is 52.1 Å². The van der Waals surface area contributed by atoms with E-state index in [4.69, 9.17) is 16.2 Å². The fraction of sp³-hybridized carbons (Fsp3) is 0.564. The van der Waals surface area contributed by atoms with Gasteiger partial charge in [0, 0.05) is 32.5 Å². The van der Waals surface area contributed by atoms with Crippen LogP contribution in [-0.4, -0.2) is 127 Å². The third-order valence-corrected chi connectivity index (χ3v) is 9.74. The molecule has 2 saturated heterocycles. The third kappa shape index (κ3) is 12.5. The summed E-state index contributed by atoms with van der Waals surface area (Å²) in [7, 11) is 0. The topological polar surface area (TPSA) is 250 Å². The van der Waals surface area contributed by atoms with Crippen molar-refractivity contribution in [3.63, 3.8) is 0 Å². The second kappa shape index (κ2) is 20.5. The zero-order valence-corrected chi connectivity index (χ0v) is 32.0. The first-order chi connectivity index (χ1) is 26.2. The predicted octanol–water partition coefficient (Wildman–Crippen LogP) is -1.13. The Morgan fingerprint density at radius 3 is 2.09 bits per heavy atom. The van der Waals surface area contributed by atoms with Crippen molar-refractivity contribution < 1.29 is 38.9 Å². The smallest absolute Gasteiger partial charge is 0.243 e. The monoisotopic (exact) mass is 766 g/mol. The number of hydrogen-bond donors (Lipinski definition) is 9. The van der Waals surface area contributed by atoms with Gasteiger partial charge in [-0.3, -0.25) is 29.3 Å². The molecule has 16 nitrogen and oxygen atoms in total. The molecular weight excluding hydrogens is 708 g/mol. The average molecular weight is 767 g/mol. The minimum absolute atomic E-state index is 0.00144. The molecule has 0 saturated carbocycles. The van der Waals surface area contributed by atoms with E-state index in [1.54, 1.807) is 20.8 Å². The van der Waals surface area contributed by atoms with Crippen molar-refractivity contribution in [2.75, 3.05) is 39.4 Å².